The number of fused-ring (bicyclic) bond motifs is 1. The molecule has 2 unspecified atom stereocenters. The minimum atomic E-state index is 0.111. The first-order chi connectivity index (χ1) is 11.6. The molecule has 1 aliphatic heterocycles. The molecule has 5 nitrogen and oxygen atoms in total. The number of nitrogens with one attached hydrogen (secondary N) is 1. The van der Waals surface area contributed by atoms with Crippen LogP contribution in [-0.2, 0) is 0 Å². The third-order valence-electron chi connectivity index (χ3n) is 4.72. The minimum absolute atomic E-state index is 0.111. The lowest BCUT2D eigenvalue weighted by Gasteiger charge is -2.31. The molecule has 0 saturated heterocycles. The second-order valence-electron chi connectivity index (χ2n) is 6.29. The third-order valence-corrected chi connectivity index (χ3v) is 5.21. The number of halogens is 1. The average molecular weight is 384 g/mol. The van der Waals surface area contributed by atoms with Crippen molar-refractivity contribution in [3.8, 4) is 0 Å². The number of hydrogen-bond donors (Lipinski definition) is 1. The maximum Gasteiger partial charge on any atom is 0.243 e. The Hall–Kier alpha value is -2.21. The predicted octanol–water partition coefficient (Wildman–Crippen LogP) is 4.20. The van der Waals surface area contributed by atoms with Crippen LogP contribution in [0.2, 0.25) is 0 Å². The molecule has 2 atom stereocenters. The van der Waals surface area contributed by atoms with E-state index in [-0.39, 0.29) is 12.1 Å². The highest BCUT2D eigenvalue weighted by atomic mass is 79.9. The Balaban J connectivity index is 1.74. The molecule has 1 aromatic heterocycles. The van der Waals surface area contributed by atoms with E-state index in [1.54, 1.807) is 0 Å². The molecule has 1 N–H and O–H groups in total. The Labute approximate surface area is 149 Å². The minimum Gasteiger partial charge on any atom is -0.346 e. The molecule has 1 aliphatic rings. The maximum absolute atomic E-state index is 4.18. The lowest BCUT2D eigenvalue weighted by Crippen LogP contribution is -2.28. The van der Waals surface area contributed by atoms with Crippen molar-refractivity contribution in [2.24, 2.45) is 0 Å². The first-order valence-electron chi connectivity index (χ1n) is 7.99. The zero-order valence-electron chi connectivity index (χ0n) is 13.6. The van der Waals surface area contributed by atoms with Gasteiger partial charge >= 0.3 is 0 Å². The van der Waals surface area contributed by atoms with Gasteiger partial charge in [-0.2, -0.15) is 0 Å². The highest BCUT2D eigenvalue weighted by Crippen LogP contribution is 2.37. The van der Waals surface area contributed by atoms with E-state index in [4.69, 9.17) is 0 Å². The number of aromatic nitrogens is 4. The van der Waals surface area contributed by atoms with Gasteiger partial charge in [-0.1, -0.05) is 51.4 Å². The van der Waals surface area contributed by atoms with Crippen molar-refractivity contribution in [3.63, 3.8) is 0 Å². The summed E-state index contributed by atoms with van der Waals surface area (Å²) in [7, 11) is 0. The van der Waals surface area contributed by atoms with Crippen molar-refractivity contribution >= 4 is 21.9 Å². The molecule has 0 fully saturated rings. The van der Waals surface area contributed by atoms with Gasteiger partial charge < -0.3 is 5.32 Å². The van der Waals surface area contributed by atoms with E-state index >= 15 is 0 Å². The molecule has 122 valence electrons. The van der Waals surface area contributed by atoms with Gasteiger partial charge in [0.1, 0.15) is 0 Å². The van der Waals surface area contributed by atoms with Crippen LogP contribution in [0.25, 0.3) is 0 Å². The molecule has 2 heterocycles. The van der Waals surface area contributed by atoms with Crippen LogP contribution in [0.3, 0.4) is 0 Å². The topological polar surface area (TPSA) is 55.6 Å². The van der Waals surface area contributed by atoms with Crippen LogP contribution in [0.1, 0.15) is 40.8 Å². The summed E-state index contributed by atoms with van der Waals surface area (Å²) in [6.45, 7) is 4.29. The summed E-state index contributed by atoms with van der Waals surface area (Å²) < 4.78 is 2.94. The van der Waals surface area contributed by atoms with Gasteiger partial charge in [0.15, 0.2) is 0 Å². The van der Waals surface area contributed by atoms with Gasteiger partial charge in [0.2, 0.25) is 5.95 Å². The Kier molecular flexibility index (Phi) is 3.84. The van der Waals surface area contributed by atoms with E-state index in [1.807, 2.05) is 10.7 Å². The van der Waals surface area contributed by atoms with Crippen molar-refractivity contribution in [2.45, 2.75) is 32.4 Å². The standard InChI is InChI=1S/C18H18BrN5/c1-11-6-7-13(8-12(11)2)16-10-17(14-4-3-5-15(19)9-14)24-18(20-16)21-22-23-24/h3-9,16-17H,10H2,1-2H3,(H,20,21,23). The molecule has 24 heavy (non-hydrogen) atoms. The molecule has 0 spiro atoms. The summed E-state index contributed by atoms with van der Waals surface area (Å²) in [6.07, 6.45) is 0.900. The van der Waals surface area contributed by atoms with E-state index in [0.717, 1.165) is 16.8 Å². The Bertz CT molecular complexity index is 889. The summed E-state index contributed by atoms with van der Waals surface area (Å²) in [5.41, 5.74) is 5.09. The Morgan fingerprint density at radius 1 is 1.08 bits per heavy atom. The van der Waals surface area contributed by atoms with Gasteiger partial charge in [0, 0.05) is 4.47 Å². The van der Waals surface area contributed by atoms with Crippen LogP contribution >= 0.6 is 15.9 Å². The predicted molar refractivity (Wildman–Crippen MR) is 97.0 cm³/mol. The Morgan fingerprint density at radius 2 is 1.96 bits per heavy atom. The van der Waals surface area contributed by atoms with Gasteiger partial charge in [-0.3, -0.25) is 0 Å². The van der Waals surface area contributed by atoms with E-state index in [0.29, 0.717) is 0 Å². The second-order valence-corrected chi connectivity index (χ2v) is 7.21. The fourth-order valence-corrected chi connectivity index (χ4v) is 3.65. The normalized spacial score (nSPS) is 19.6. The van der Waals surface area contributed by atoms with Crippen LogP contribution in [0.15, 0.2) is 46.9 Å². The third kappa shape index (κ3) is 2.71. The van der Waals surface area contributed by atoms with Crippen molar-refractivity contribution in [1.29, 1.82) is 0 Å². The van der Waals surface area contributed by atoms with Crippen LogP contribution in [0, 0.1) is 13.8 Å². The quantitative estimate of drug-likeness (QED) is 0.720. The van der Waals surface area contributed by atoms with E-state index in [9.17, 15) is 0 Å². The molecule has 0 saturated carbocycles. The molecule has 0 amide bonds. The highest BCUT2D eigenvalue weighted by Gasteiger charge is 2.30. The summed E-state index contributed by atoms with van der Waals surface area (Å²) in [5, 5.41) is 15.7. The number of hydrogen-bond acceptors (Lipinski definition) is 4. The molecular formula is C18H18BrN5. The lowest BCUT2D eigenvalue weighted by atomic mass is 9.92. The SMILES string of the molecule is Cc1ccc(C2CC(c3cccc(Br)c3)n3nnnc3N2)cc1C. The molecule has 2 aromatic carbocycles. The van der Waals surface area contributed by atoms with Gasteiger partial charge in [0.05, 0.1) is 12.1 Å². The molecule has 3 aromatic rings. The zero-order chi connectivity index (χ0) is 16.7. The summed E-state index contributed by atoms with van der Waals surface area (Å²) in [4.78, 5) is 0. The van der Waals surface area contributed by atoms with Crippen LogP contribution < -0.4 is 5.32 Å². The van der Waals surface area contributed by atoms with Crippen LogP contribution in [-0.4, -0.2) is 20.2 Å². The van der Waals surface area contributed by atoms with Crippen molar-refractivity contribution in [1.82, 2.24) is 20.2 Å². The number of aryl methyl sites for hydroxylation is 2. The first kappa shape index (κ1) is 15.3. The van der Waals surface area contributed by atoms with E-state index in [1.165, 1.54) is 22.3 Å². The highest BCUT2D eigenvalue weighted by molar-refractivity contribution is 9.10. The second kappa shape index (κ2) is 6.02. The van der Waals surface area contributed by atoms with Crippen LogP contribution in [0.4, 0.5) is 5.95 Å². The molecule has 6 heteroatoms. The largest absolute Gasteiger partial charge is 0.346 e. The monoisotopic (exact) mass is 383 g/mol. The van der Waals surface area contributed by atoms with Gasteiger partial charge in [-0.15, -0.1) is 0 Å². The molecule has 4 rings (SSSR count). The van der Waals surface area contributed by atoms with E-state index < -0.39 is 0 Å². The fraction of sp³-hybridized carbons (Fsp3) is 0.278. The number of rotatable bonds is 2. The van der Waals surface area contributed by atoms with Crippen LogP contribution in [0.5, 0.6) is 0 Å². The molecule has 0 radical (unpaired) electrons. The van der Waals surface area contributed by atoms with Crippen molar-refractivity contribution < 1.29 is 0 Å². The average Bonchev–Trinajstić information content (AvgIpc) is 3.05. The number of anilines is 1. The lowest BCUT2D eigenvalue weighted by molar-refractivity contribution is 0.423. The maximum atomic E-state index is 4.18. The number of nitrogens with zero attached hydrogens (tertiary/aromatic N) is 4. The van der Waals surface area contributed by atoms with E-state index in [2.05, 4.69) is 87.0 Å². The molecule has 0 aliphatic carbocycles. The number of tetrazole rings is 1. The van der Waals surface area contributed by atoms with Gasteiger partial charge in [0.25, 0.3) is 0 Å². The van der Waals surface area contributed by atoms with Crippen molar-refractivity contribution in [2.75, 3.05) is 5.32 Å². The summed E-state index contributed by atoms with van der Waals surface area (Å²) >= 11 is 3.56. The molecular weight excluding hydrogens is 366 g/mol. The first-order valence-corrected chi connectivity index (χ1v) is 8.78. The van der Waals surface area contributed by atoms with Gasteiger partial charge in [-0.25, -0.2) is 4.68 Å². The van der Waals surface area contributed by atoms with Crippen molar-refractivity contribution in [3.05, 3.63) is 69.2 Å². The fourth-order valence-electron chi connectivity index (χ4n) is 3.23. The molecule has 0 bridgehead atoms. The summed E-state index contributed by atoms with van der Waals surface area (Å²) in [5.74, 6) is 0.717. The van der Waals surface area contributed by atoms with Gasteiger partial charge in [-0.05, 0) is 65.1 Å². The zero-order valence-corrected chi connectivity index (χ0v) is 15.2. The smallest absolute Gasteiger partial charge is 0.243 e. The Morgan fingerprint density at radius 3 is 2.75 bits per heavy atom. The summed E-state index contributed by atoms with van der Waals surface area (Å²) in [6, 6.07) is 15.3. The number of benzene rings is 2.